The second-order valence-electron chi connectivity index (χ2n) is 6.47. The Morgan fingerprint density at radius 1 is 0.964 bits per heavy atom. The van der Waals surface area contributed by atoms with E-state index in [0.717, 1.165) is 36.5 Å². The predicted octanol–water partition coefficient (Wildman–Crippen LogP) is 2.80. The summed E-state index contributed by atoms with van der Waals surface area (Å²) in [6, 6.07) is 12.5. The van der Waals surface area contributed by atoms with Crippen LogP contribution in [0, 0.1) is 0 Å². The molecule has 0 unspecified atom stereocenters. The van der Waals surface area contributed by atoms with Gasteiger partial charge in [-0.05, 0) is 55.8 Å². The molecule has 5 nitrogen and oxygen atoms in total. The summed E-state index contributed by atoms with van der Waals surface area (Å²) in [6.07, 6.45) is 3.28. The van der Waals surface area contributed by atoms with Crippen molar-refractivity contribution in [2.24, 2.45) is 0 Å². The van der Waals surface area contributed by atoms with E-state index in [1.54, 1.807) is 49.6 Å². The molecule has 0 amide bonds. The van der Waals surface area contributed by atoms with Crippen LogP contribution in [0.3, 0.4) is 0 Å². The van der Waals surface area contributed by atoms with E-state index in [4.69, 9.17) is 4.74 Å². The number of ether oxygens (including phenoxy) is 2. The Bertz CT molecular complexity index is 836. The van der Waals surface area contributed by atoms with Crippen LogP contribution in [0.5, 0.6) is 5.75 Å². The van der Waals surface area contributed by atoms with Gasteiger partial charge in [0.15, 0.2) is 5.78 Å². The highest BCUT2D eigenvalue weighted by Gasteiger charge is 2.13. The average molecular weight is 382 g/mol. The number of nitrogens with one attached hydrogen (secondary N) is 1. The first-order valence-corrected chi connectivity index (χ1v) is 9.43. The van der Waals surface area contributed by atoms with Gasteiger partial charge in [-0.2, -0.15) is 0 Å². The molecule has 2 aromatic rings. The van der Waals surface area contributed by atoms with Crippen molar-refractivity contribution in [2.45, 2.75) is 20.4 Å². The fourth-order valence-corrected chi connectivity index (χ4v) is 2.96. The maximum absolute atomic E-state index is 12.6. The SMILES string of the molecule is CC[NH+](CC)Cc1cc(C(=O)/C=C/c2ccc(C(=O)OC)cc2)ccc1OC. The summed E-state index contributed by atoms with van der Waals surface area (Å²) < 4.78 is 10.1. The van der Waals surface area contributed by atoms with Crippen LogP contribution in [0.4, 0.5) is 0 Å². The quantitative estimate of drug-likeness (QED) is 0.412. The molecule has 0 fully saturated rings. The number of hydrogen-bond acceptors (Lipinski definition) is 4. The van der Waals surface area contributed by atoms with Gasteiger partial charge >= 0.3 is 5.97 Å². The summed E-state index contributed by atoms with van der Waals surface area (Å²) in [5, 5.41) is 0. The van der Waals surface area contributed by atoms with Crippen molar-refractivity contribution in [1.82, 2.24) is 0 Å². The molecule has 5 heteroatoms. The van der Waals surface area contributed by atoms with E-state index >= 15 is 0 Å². The lowest BCUT2D eigenvalue weighted by atomic mass is 10.0. The molecule has 0 saturated heterocycles. The van der Waals surface area contributed by atoms with Crippen molar-refractivity contribution >= 4 is 17.8 Å². The first kappa shape index (κ1) is 21.4. The molecule has 0 heterocycles. The van der Waals surface area contributed by atoms with E-state index in [1.807, 2.05) is 12.1 Å². The second kappa shape index (κ2) is 10.4. The first-order chi connectivity index (χ1) is 13.5. The van der Waals surface area contributed by atoms with Gasteiger partial charge in [0.1, 0.15) is 12.3 Å². The third-order valence-corrected chi connectivity index (χ3v) is 4.76. The Balaban J connectivity index is 2.17. The number of allylic oxidation sites excluding steroid dienone is 1. The smallest absolute Gasteiger partial charge is 0.337 e. The standard InChI is InChI=1S/C23H27NO4/c1-5-24(6-2)16-20-15-19(12-14-22(20)27-3)21(25)13-9-17-7-10-18(11-8-17)23(26)28-4/h7-15H,5-6,16H2,1-4H3/p+1/b13-9+. The van der Waals surface area contributed by atoms with Gasteiger partial charge in [0.2, 0.25) is 0 Å². The zero-order chi connectivity index (χ0) is 20.5. The van der Waals surface area contributed by atoms with Crippen molar-refractivity contribution in [2.75, 3.05) is 27.3 Å². The Hall–Kier alpha value is -2.92. The minimum atomic E-state index is -0.382. The molecular weight excluding hydrogens is 354 g/mol. The summed E-state index contributed by atoms with van der Waals surface area (Å²) in [6.45, 7) is 7.14. The Morgan fingerprint density at radius 2 is 1.61 bits per heavy atom. The van der Waals surface area contributed by atoms with Crippen LogP contribution < -0.4 is 9.64 Å². The van der Waals surface area contributed by atoms with Crippen LogP contribution in [0.1, 0.15) is 45.7 Å². The largest absolute Gasteiger partial charge is 0.496 e. The van der Waals surface area contributed by atoms with Gasteiger partial charge in [0, 0.05) is 11.1 Å². The van der Waals surface area contributed by atoms with E-state index in [-0.39, 0.29) is 11.8 Å². The third-order valence-electron chi connectivity index (χ3n) is 4.76. The summed E-state index contributed by atoms with van der Waals surface area (Å²) in [4.78, 5) is 25.5. The van der Waals surface area contributed by atoms with Gasteiger partial charge in [-0.3, -0.25) is 4.79 Å². The summed E-state index contributed by atoms with van der Waals surface area (Å²) in [5.74, 6) is 0.349. The van der Waals surface area contributed by atoms with Crippen molar-refractivity contribution in [3.8, 4) is 5.75 Å². The van der Waals surface area contributed by atoms with Gasteiger partial charge in [-0.1, -0.05) is 18.2 Å². The topological polar surface area (TPSA) is 57.0 Å². The van der Waals surface area contributed by atoms with E-state index < -0.39 is 0 Å². The minimum Gasteiger partial charge on any atom is -0.496 e. The van der Waals surface area contributed by atoms with Gasteiger partial charge in [0.25, 0.3) is 0 Å². The number of carbonyl (C=O) groups is 2. The molecule has 2 aromatic carbocycles. The summed E-state index contributed by atoms with van der Waals surface area (Å²) in [5.41, 5.74) is 2.97. The van der Waals surface area contributed by atoms with Crippen LogP contribution >= 0.6 is 0 Å². The van der Waals surface area contributed by atoms with Gasteiger partial charge < -0.3 is 14.4 Å². The number of carbonyl (C=O) groups excluding carboxylic acids is 2. The molecule has 0 aliphatic carbocycles. The zero-order valence-corrected chi connectivity index (χ0v) is 17.0. The molecule has 0 radical (unpaired) electrons. The molecular formula is C23H28NO4+. The van der Waals surface area contributed by atoms with Crippen molar-refractivity contribution < 1.29 is 24.0 Å². The number of hydrogen-bond donors (Lipinski definition) is 1. The highest BCUT2D eigenvalue weighted by atomic mass is 16.5. The molecule has 28 heavy (non-hydrogen) atoms. The number of ketones is 1. The number of rotatable bonds is 9. The van der Waals surface area contributed by atoms with Crippen molar-refractivity contribution in [1.29, 1.82) is 0 Å². The molecule has 148 valence electrons. The molecule has 2 rings (SSSR count). The summed E-state index contributed by atoms with van der Waals surface area (Å²) >= 11 is 0. The van der Waals surface area contributed by atoms with E-state index in [0.29, 0.717) is 11.1 Å². The average Bonchev–Trinajstić information content (AvgIpc) is 2.75. The van der Waals surface area contributed by atoms with Gasteiger partial charge in [-0.15, -0.1) is 0 Å². The highest BCUT2D eigenvalue weighted by molar-refractivity contribution is 6.07. The lowest BCUT2D eigenvalue weighted by Gasteiger charge is -2.17. The van der Waals surface area contributed by atoms with E-state index in [1.165, 1.54) is 12.0 Å². The van der Waals surface area contributed by atoms with E-state index in [2.05, 4.69) is 18.6 Å². The number of methoxy groups -OCH3 is 2. The number of quaternary nitrogens is 1. The lowest BCUT2D eigenvalue weighted by molar-refractivity contribution is -0.910. The molecule has 0 aliphatic heterocycles. The highest BCUT2D eigenvalue weighted by Crippen LogP contribution is 2.20. The Kier molecular flexibility index (Phi) is 7.96. The van der Waals surface area contributed by atoms with Crippen LogP contribution in [0.2, 0.25) is 0 Å². The molecule has 0 spiro atoms. The minimum absolute atomic E-state index is 0.0736. The number of benzene rings is 2. The third kappa shape index (κ3) is 5.54. The Morgan fingerprint density at radius 3 is 2.18 bits per heavy atom. The Labute approximate surface area is 166 Å². The molecule has 0 atom stereocenters. The maximum atomic E-state index is 12.6. The second-order valence-corrected chi connectivity index (χ2v) is 6.47. The van der Waals surface area contributed by atoms with Gasteiger partial charge in [-0.25, -0.2) is 4.79 Å². The van der Waals surface area contributed by atoms with Crippen LogP contribution in [0.15, 0.2) is 48.5 Å². The van der Waals surface area contributed by atoms with Crippen LogP contribution in [-0.2, 0) is 11.3 Å². The lowest BCUT2D eigenvalue weighted by Crippen LogP contribution is -3.10. The zero-order valence-electron chi connectivity index (χ0n) is 17.0. The van der Waals surface area contributed by atoms with Crippen LogP contribution in [0.25, 0.3) is 6.08 Å². The monoisotopic (exact) mass is 382 g/mol. The predicted molar refractivity (Wildman–Crippen MR) is 110 cm³/mol. The normalized spacial score (nSPS) is 11.0. The molecule has 0 aromatic heterocycles. The van der Waals surface area contributed by atoms with Gasteiger partial charge in [0.05, 0.1) is 32.9 Å². The fraction of sp³-hybridized carbons (Fsp3) is 0.304. The first-order valence-electron chi connectivity index (χ1n) is 9.43. The maximum Gasteiger partial charge on any atom is 0.337 e. The molecule has 0 aliphatic rings. The van der Waals surface area contributed by atoms with Crippen molar-refractivity contribution in [3.63, 3.8) is 0 Å². The molecule has 0 bridgehead atoms. The van der Waals surface area contributed by atoms with E-state index in [9.17, 15) is 9.59 Å². The van der Waals surface area contributed by atoms with Crippen molar-refractivity contribution in [3.05, 3.63) is 70.8 Å². The summed E-state index contributed by atoms with van der Waals surface area (Å²) in [7, 11) is 3.00. The molecule has 1 N–H and O–H groups in total. The van der Waals surface area contributed by atoms with Crippen LogP contribution in [-0.4, -0.2) is 39.1 Å². The molecule has 0 saturated carbocycles. The number of esters is 1. The fourth-order valence-electron chi connectivity index (χ4n) is 2.96.